The van der Waals surface area contributed by atoms with E-state index in [0.717, 1.165) is 5.56 Å². The Morgan fingerprint density at radius 1 is 1.00 bits per heavy atom. The van der Waals surface area contributed by atoms with Crippen LogP contribution in [0.25, 0.3) is 0 Å². The highest BCUT2D eigenvalue weighted by molar-refractivity contribution is 9.10. The molecule has 0 amide bonds. The second kappa shape index (κ2) is 5.85. The zero-order valence-corrected chi connectivity index (χ0v) is 12.6. The van der Waals surface area contributed by atoms with E-state index in [2.05, 4.69) is 41.9 Å². The Balaban J connectivity index is 2.33. The average Bonchev–Trinajstić information content (AvgIpc) is 2.41. The Kier molecular flexibility index (Phi) is 4.38. The molecule has 0 aliphatic heterocycles. The van der Waals surface area contributed by atoms with Gasteiger partial charge in [0.15, 0.2) is 0 Å². The van der Waals surface area contributed by atoms with Crippen LogP contribution in [0, 0.1) is 5.82 Å². The first-order valence-electron chi connectivity index (χ1n) is 6.30. The van der Waals surface area contributed by atoms with E-state index in [1.54, 1.807) is 18.2 Å². The van der Waals surface area contributed by atoms with E-state index in [4.69, 9.17) is 5.73 Å². The third kappa shape index (κ3) is 3.04. The summed E-state index contributed by atoms with van der Waals surface area (Å²) in [6.07, 6.45) is 0. The van der Waals surface area contributed by atoms with Crippen LogP contribution in [0.15, 0.2) is 46.9 Å². The van der Waals surface area contributed by atoms with Crippen molar-refractivity contribution < 1.29 is 4.39 Å². The van der Waals surface area contributed by atoms with Crippen LogP contribution in [0.1, 0.15) is 42.5 Å². The lowest BCUT2D eigenvalue weighted by Gasteiger charge is -2.15. The van der Waals surface area contributed by atoms with Gasteiger partial charge in [0.05, 0.1) is 10.5 Å². The summed E-state index contributed by atoms with van der Waals surface area (Å²) in [7, 11) is 0. The summed E-state index contributed by atoms with van der Waals surface area (Å²) in [6, 6.07) is 12.8. The lowest BCUT2D eigenvalue weighted by atomic mass is 9.95. The molecule has 2 N–H and O–H groups in total. The molecule has 100 valence electrons. The summed E-state index contributed by atoms with van der Waals surface area (Å²) >= 11 is 3.19. The first kappa shape index (κ1) is 14.2. The Morgan fingerprint density at radius 2 is 1.58 bits per heavy atom. The number of rotatable bonds is 3. The monoisotopic (exact) mass is 321 g/mol. The Morgan fingerprint density at radius 3 is 2.16 bits per heavy atom. The van der Waals surface area contributed by atoms with Gasteiger partial charge in [0.25, 0.3) is 0 Å². The fourth-order valence-electron chi connectivity index (χ4n) is 2.03. The molecule has 3 heteroatoms. The van der Waals surface area contributed by atoms with E-state index < -0.39 is 6.04 Å². The lowest BCUT2D eigenvalue weighted by Crippen LogP contribution is -2.13. The number of halogens is 2. The summed E-state index contributed by atoms with van der Waals surface area (Å²) in [5.41, 5.74) is 8.83. The van der Waals surface area contributed by atoms with Crippen LogP contribution >= 0.6 is 15.9 Å². The number of nitrogens with two attached hydrogens (primary N) is 1. The highest BCUT2D eigenvalue weighted by Crippen LogP contribution is 2.27. The van der Waals surface area contributed by atoms with E-state index >= 15 is 0 Å². The first-order valence-corrected chi connectivity index (χ1v) is 7.09. The first-order chi connectivity index (χ1) is 9.00. The Bertz CT molecular complexity index is 563. The van der Waals surface area contributed by atoms with Gasteiger partial charge in [-0.2, -0.15) is 0 Å². The molecular weight excluding hydrogens is 305 g/mol. The largest absolute Gasteiger partial charge is 0.320 e. The van der Waals surface area contributed by atoms with E-state index in [9.17, 15) is 4.39 Å². The van der Waals surface area contributed by atoms with Crippen LogP contribution in [0.2, 0.25) is 0 Å². The summed E-state index contributed by atoms with van der Waals surface area (Å²) < 4.78 is 14.5. The van der Waals surface area contributed by atoms with E-state index in [-0.39, 0.29) is 5.82 Å². The summed E-state index contributed by atoms with van der Waals surface area (Å²) in [4.78, 5) is 0. The molecule has 0 spiro atoms. The van der Waals surface area contributed by atoms with E-state index in [1.165, 1.54) is 5.56 Å². The smallest absolute Gasteiger partial charge is 0.142 e. The highest BCUT2D eigenvalue weighted by atomic mass is 79.9. The summed E-state index contributed by atoms with van der Waals surface area (Å²) in [5.74, 6) is 0.191. The zero-order valence-electron chi connectivity index (χ0n) is 11.0. The molecule has 0 bridgehead atoms. The maximum absolute atomic E-state index is 14.0. The molecule has 1 nitrogen and oxygen atoms in total. The topological polar surface area (TPSA) is 26.0 Å². The van der Waals surface area contributed by atoms with Crippen LogP contribution in [0.5, 0.6) is 0 Å². The molecule has 2 rings (SSSR count). The Hall–Kier alpha value is -1.19. The predicted molar refractivity (Wildman–Crippen MR) is 80.7 cm³/mol. The molecule has 1 atom stereocenters. The average molecular weight is 322 g/mol. The van der Waals surface area contributed by atoms with Crippen molar-refractivity contribution in [2.24, 2.45) is 5.73 Å². The van der Waals surface area contributed by atoms with Gasteiger partial charge in [-0.25, -0.2) is 4.39 Å². The fourth-order valence-corrected chi connectivity index (χ4v) is 2.41. The van der Waals surface area contributed by atoms with Crippen molar-refractivity contribution in [1.82, 2.24) is 0 Å². The van der Waals surface area contributed by atoms with Crippen molar-refractivity contribution in [2.45, 2.75) is 25.8 Å². The molecule has 0 saturated carbocycles. The second-order valence-electron chi connectivity index (χ2n) is 4.94. The van der Waals surface area contributed by atoms with Crippen LogP contribution in [0.4, 0.5) is 4.39 Å². The second-order valence-corrected chi connectivity index (χ2v) is 5.80. The quantitative estimate of drug-likeness (QED) is 0.866. The van der Waals surface area contributed by atoms with E-state index in [0.29, 0.717) is 16.0 Å². The molecule has 0 fully saturated rings. The maximum atomic E-state index is 14.0. The normalized spacial score (nSPS) is 12.7. The Labute approximate surface area is 121 Å². The number of benzene rings is 2. The van der Waals surface area contributed by atoms with Crippen molar-refractivity contribution in [2.75, 3.05) is 0 Å². The van der Waals surface area contributed by atoms with Gasteiger partial charge in [-0.1, -0.05) is 50.2 Å². The minimum atomic E-state index is -0.446. The van der Waals surface area contributed by atoms with Gasteiger partial charge in [-0.05, 0) is 39.0 Å². The molecule has 0 heterocycles. The van der Waals surface area contributed by atoms with Gasteiger partial charge in [0.1, 0.15) is 5.82 Å². The highest BCUT2D eigenvalue weighted by Gasteiger charge is 2.15. The van der Waals surface area contributed by atoms with Gasteiger partial charge in [-0.3, -0.25) is 0 Å². The molecule has 19 heavy (non-hydrogen) atoms. The molecule has 1 unspecified atom stereocenters. The molecule has 0 radical (unpaired) electrons. The van der Waals surface area contributed by atoms with Gasteiger partial charge in [0, 0.05) is 5.56 Å². The molecule has 0 aliphatic rings. The van der Waals surface area contributed by atoms with E-state index in [1.807, 2.05) is 12.1 Å². The number of hydrogen-bond acceptors (Lipinski definition) is 1. The standard InChI is InChI=1S/C16H17BrFN/c1-10(2)11-6-8-12(9-7-11)16(19)13-4-3-5-14(17)15(13)18/h3-10,16H,19H2,1-2H3. The van der Waals surface area contributed by atoms with Crippen molar-refractivity contribution in [3.05, 3.63) is 69.4 Å². The van der Waals surface area contributed by atoms with Crippen molar-refractivity contribution >= 4 is 15.9 Å². The molecule has 0 aliphatic carbocycles. The van der Waals surface area contributed by atoms with Crippen molar-refractivity contribution in [1.29, 1.82) is 0 Å². The molecule has 2 aromatic rings. The summed E-state index contributed by atoms with van der Waals surface area (Å²) in [5, 5.41) is 0. The third-order valence-electron chi connectivity index (χ3n) is 3.28. The van der Waals surface area contributed by atoms with Gasteiger partial charge in [0.2, 0.25) is 0 Å². The zero-order chi connectivity index (χ0) is 14.0. The predicted octanol–water partition coefficient (Wildman–Crippen LogP) is 4.76. The van der Waals surface area contributed by atoms with Gasteiger partial charge < -0.3 is 5.73 Å². The molecule has 0 aromatic heterocycles. The van der Waals surface area contributed by atoms with Gasteiger partial charge in [-0.15, -0.1) is 0 Å². The van der Waals surface area contributed by atoms with Crippen molar-refractivity contribution in [3.8, 4) is 0 Å². The SMILES string of the molecule is CC(C)c1ccc(C(N)c2cccc(Br)c2F)cc1. The molecule has 0 saturated heterocycles. The van der Waals surface area contributed by atoms with Crippen LogP contribution in [-0.4, -0.2) is 0 Å². The minimum absolute atomic E-state index is 0.289. The van der Waals surface area contributed by atoms with Crippen molar-refractivity contribution in [3.63, 3.8) is 0 Å². The van der Waals surface area contributed by atoms with Gasteiger partial charge >= 0.3 is 0 Å². The van der Waals surface area contributed by atoms with Crippen LogP contribution in [0.3, 0.4) is 0 Å². The van der Waals surface area contributed by atoms with Crippen LogP contribution in [-0.2, 0) is 0 Å². The minimum Gasteiger partial charge on any atom is -0.320 e. The fraction of sp³-hybridized carbons (Fsp3) is 0.250. The molecular formula is C16H17BrFN. The maximum Gasteiger partial charge on any atom is 0.142 e. The third-order valence-corrected chi connectivity index (χ3v) is 3.89. The lowest BCUT2D eigenvalue weighted by molar-refractivity contribution is 0.593. The summed E-state index contributed by atoms with van der Waals surface area (Å²) in [6.45, 7) is 4.28. The molecule has 2 aromatic carbocycles. The number of hydrogen-bond donors (Lipinski definition) is 1. The van der Waals surface area contributed by atoms with Crippen LogP contribution < -0.4 is 5.73 Å².